The van der Waals surface area contributed by atoms with E-state index in [1.165, 1.54) is 5.56 Å². The molecule has 112 valence electrons. The van der Waals surface area contributed by atoms with Gasteiger partial charge in [0.25, 0.3) is 0 Å². The van der Waals surface area contributed by atoms with Crippen molar-refractivity contribution in [3.63, 3.8) is 0 Å². The topological polar surface area (TPSA) is 35.7 Å². The first kappa shape index (κ1) is 15.6. The minimum absolute atomic E-state index is 0.708. The van der Waals surface area contributed by atoms with Gasteiger partial charge in [0, 0.05) is 56.5 Å². The third-order valence-corrected chi connectivity index (χ3v) is 4.07. The molecule has 1 aromatic carbocycles. The van der Waals surface area contributed by atoms with Gasteiger partial charge in [-0.15, -0.1) is 0 Å². The molecule has 1 heterocycles. The van der Waals surface area contributed by atoms with Gasteiger partial charge < -0.3 is 10.6 Å². The van der Waals surface area contributed by atoms with Crippen molar-refractivity contribution >= 4 is 17.3 Å². The van der Waals surface area contributed by atoms with E-state index in [4.69, 9.17) is 17.3 Å². The highest BCUT2D eigenvalue weighted by molar-refractivity contribution is 6.30. The van der Waals surface area contributed by atoms with Gasteiger partial charge in [0.1, 0.15) is 0 Å². The van der Waals surface area contributed by atoms with Crippen LogP contribution in [0.25, 0.3) is 0 Å². The third-order valence-electron chi connectivity index (χ3n) is 3.83. The molecule has 1 aliphatic heterocycles. The highest BCUT2D eigenvalue weighted by Gasteiger charge is 2.17. The Morgan fingerprint density at radius 3 is 2.40 bits per heavy atom. The molecular weight excluding hydrogens is 272 g/mol. The highest BCUT2D eigenvalue weighted by atomic mass is 35.5. The summed E-state index contributed by atoms with van der Waals surface area (Å²) in [7, 11) is 4.25. The Kier molecular flexibility index (Phi) is 5.66. The summed E-state index contributed by atoms with van der Waals surface area (Å²) in [5.41, 5.74) is 8.00. The lowest BCUT2D eigenvalue weighted by atomic mass is 10.1. The maximum absolute atomic E-state index is 6.02. The van der Waals surface area contributed by atoms with Crippen molar-refractivity contribution in [3.8, 4) is 0 Å². The fourth-order valence-corrected chi connectivity index (χ4v) is 2.64. The van der Waals surface area contributed by atoms with E-state index < -0.39 is 0 Å². The molecule has 5 heteroatoms. The van der Waals surface area contributed by atoms with Crippen molar-refractivity contribution in [2.24, 2.45) is 0 Å². The largest absolute Gasteiger partial charge is 0.398 e. The van der Waals surface area contributed by atoms with Gasteiger partial charge in [0.05, 0.1) is 0 Å². The molecule has 1 fully saturated rings. The van der Waals surface area contributed by atoms with Gasteiger partial charge in [-0.25, -0.2) is 0 Å². The maximum atomic E-state index is 6.02. The summed E-state index contributed by atoms with van der Waals surface area (Å²) >= 11 is 5.93. The van der Waals surface area contributed by atoms with Crippen LogP contribution < -0.4 is 5.73 Å². The number of hydrogen-bond donors (Lipinski definition) is 1. The number of nitrogen functional groups attached to an aromatic ring is 1. The number of benzene rings is 1. The quantitative estimate of drug-likeness (QED) is 0.837. The minimum Gasteiger partial charge on any atom is -0.398 e. The lowest BCUT2D eigenvalue weighted by Gasteiger charge is -2.35. The van der Waals surface area contributed by atoms with Crippen LogP contribution in [0.2, 0.25) is 5.02 Å². The molecule has 4 nitrogen and oxygen atoms in total. The van der Waals surface area contributed by atoms with E-state index in [0.717, 1.165) is 51.5 Å². The van der Waals surface area contributed by atoms with E-state index in [1.807, 2.05) is 18.2 Å². The smallest absolute Gasteiger partial charge is 0.0426 e. The fourth-order valence-electron chi connectivity index (χ4n) is 2.46. The predicted octanol–water partition coefficient (Wildman–Crippen LogP) is 1.60. The molecule has 0 aliphatic carbocycles. The maximum Gasteiger partial charge on any atom is 0.0426 e. The number of piperazine rings is 1. The molecule has 0 saturated carbocycles. The summed E-state index contributed by atoms with van der Waals surface area (Å²) in [5, 5.41) is 0.708. The van der Waals surface area contributed by atoms with Gasteiger partial charge in [0.15, 0.2) is 0 Å². The second kappa shape index (κ2) is 7.27. The Labute approximate surface area is 127 Å². The second-order valence-corrected chi connectivity index (χ2v) is 6.20. The van der Waals surface area contributed by atoms with E-state index in [0.29, 0.717) is 5.02 Å². The first-order valence-corrected chi connectivity index (χ1v) is 7.56. The molecule has 1 saturated heterocycles. The average molecular weight is 297 g/mol. The number of likely N-dealkylation sites (N-methyl/N-ethyl adjacent to an activating group) is 1. The Bertz CT molecular complexity index is 428. The first-order chi connectivity index (χ1) is 9.54. The normalized spacial score (nSPS) is 17.8. The monoisotopic (exact) mass is 296 g/mol. The molecule has 0 atom stereocenters. The van der Waals surface area contributed by atoms with Crippen LogP contribution in [-0.4, -0.2) is 68.1 Å². The van der Waals surface area contributed by atoms with Gasteiger partial charge in [-0.05, 0) is 31.8 Å². The van der Waals surface area contributed by atoms with Crippen LogP contribution in [0.1, 0.15) is 5.56 Å². The summed E-state index contributed by atoms with van der Waals surface area (Å²) in [6.45, 7) is 7.70. The van der Waals surface area contributed by atoms with Crippen LogP contribution >= 0.6 is 11.6 Å². The van der Waals surface area contributed by atoms with Gasteiger partial charge in [-0.2, -0.15) is 0 Å². The molecule has 0 unspecified atom stereocenters. The predicted molar refractivity (Wildman–Crippen MR) is 86.1 cm³/mol. The van der Waals surface area contributed by atoms with E-state index in [1.54, 1.807) is 0 Å². The van der Waals surface area contributed by atoms with Crippen molar-refractivity contribution in [2.75, 3.05) is 59.1 Å². The standard InChI is InChI=1S/C15H25ClN4/c1-18(2)5-6-19-7-9-20(10-8-19)12-13-3-4-14(16)11-15(13)17/h3-4,11H,5-10,12,17H2,1-2H3. The second-order valence-electron chi connectivity index (χ2n) is 5.76. The molecule has 2 N–H and O–H groups in total. The van der Waals surface area contributed by atoms with Crippen LogP contribution in [0.5, 0.6) is 0 Å². The molecular formula is C15H25ClN4. The van der Waals surface area contributed by atoms with Crippen molar-refractivity contribution in [2.45, 2.75) is 6.54 Å². The van der Waals surface area contributed by atoms with E-state index in [2.05, 4.69) is 28.8 Å². The van der Waals surface area contributed by atoms with E-state index in [-0.39, 0.29) is 0 Å². The summed E-state index contributed by atoms with van der Waals surface area (Å²) in [5.74, 6) is 0. The number of halogens is 1. The summed E-state index contributed by atoms with van der Waals surface area (Å²) in [4.78, 5) is 7.23. The zero-order chi connectivity index (χ0) is 14.5. The first-order valence-electron chi connectivity index (χ1n) is 7.18. The molecule has 2 rings (SSSR count). The van der Waals surface area contributed by atoms with Crippen molar-refractivity contribution in [3.05, 3.63) is 28.8 Å². The number of nitrogens with zero attached hydrogens (tertiary/aromatic N) is 3. The molecule has 0 spiro atoms. The van der Waals surface area contributed by atoms with Gasteiger partial charge in [-0.1, -0.05) is 17.7 Å². The van der Waals surface area contributed by atoms with Crippen molar-refractivity contribution in [1.29, 1.82) is 0 Å². The van der Waals surface area contributed by atoms with Crippen LogP contribution in [0.4, 0.5) is 5.69 Å². The van der Waals surface area contributed by atoms with Crippen LogP contribution in [0.15, 0.2) is 18.2 Å². The zero-order valence-corrected chi connectivity index (χ0v) is 13.2. The summed E-state index contributed by atoms with van der Waals surface area (Å²) in [6.07, 6.45) is 0. The summed E-state index contributed by atoms with van der Waals surface area (Å²) < 4.78 is 0. The lowest BCUT2D eigenvalue weighted by Crippen LogP contribution is -2.47. The van der Waals surface area contributed by atoms with Crippen molar-refractivity contribution < 1.29 is 0 Å². The number of anilines is 1. The summed E-state index contributed by atoms with van der Waals surface area (Å²) in [6, 6.07) is 5.79. The lowest BCUT2D eigenvalue weighted by molar-refractivity contribution is 0.121. The molecule has 0 bridgehead atoms. The van der Waals surface area contributed by atoms with E-state index in [9.17, 15) is 0 Å². The zero-order valence-electron chi connectivity index (χ0n) is 12.5. The Balaban J connectivity index is 1.79. The van der Waals surface area contributed by atoms with E-state index >= 15 is 0 Å². The Hall–Kier alpha value is -0.810. The highest BCUT2D eigenvalue weighted by Crippen LogP contribution is 2.20. The van der Waals surface area contributed by atoms with Gasteiger partial charge >= 0.3 is 0 Å². The van der Waals surface area contributed by atoms with Gasteiger partial charge in [0.2, 0.25) is 0 Å². The number of nitrogens with two attached hydrogens (primary N) is 1. The third kappa shape index (κ3) is 4.63. The van der Waals surface area contributed by atoms with Crippen LogP contribution in [0, 0.1) is 0 Å². The van der Waals surface area contributed by atoms with Crippen molar-refractivity contribution in [1.82, 2.24) is 14.7 Å². The molecule has 0 aromatic heterocycles. The van der Waals surface area contributed by atoms with Gasteiger partial charge in [-0.3, -0.25) is 9.80 Å². The average Bonchev–Trinajstić information content (AvgIpc) is 2.41. The minimum atomic E-state index is 0.708. The van der Waals surface area contributed by atoms with Crippen LogP contribution in [0.3, 0.4) is 0 Å². The molecule has 0 amide bonds. The molecule has 0 radical (unpaired) electrons. The van der Waals surface area contributed by atoms with Crippen LogP contribution in [-0.2, 0) is 6.54 Å². The fraction of sp³-hybridized carbons (Fsp3) is 0.600. The molecule has 1 aromatic rings. The molecule has 1 aliphatic rings. The Morgan fingerprint density at radius 2 is 1.80 bits per heavy atom. The Morgan fingerprint density at radius 1 is 1.15 bits per heavy atom. The number of rotatable bonds is 5. The molecule has 20 heavy (non-hydrogen) atoms. The SMILES string of the molecule is CN(C)CCN1CCN(Cc2ccc(Cl)cc2N)CC1. The number of hydrogen-bond acceptors (Lipinski definition) is 4.